The zero-order chi connectivity index (χ0) is 27.7. The van der Waals surface area contributed by atoms with Crippen LogP contribution in [0.2, 0.25) is 0 Å². The zero-order valence-corrected chi connectivity index (χ0v) is 22.7. The van der Waals surface area contributed by atoms with E-state index in [2.05, 4.69) is 30.9 Å². The summed E-state index contributed by atoms with van der Waals surface area (Å²) in [6.07, 6.45) is 1.28. The first-order chi connectivity index (χ1) is 18.6. The highest BCUT2D eigenvalue weighted by Crippen LogP contribution is 2.39. The fraction of sp³-hybridized carbons (Fsp3) is 0.269. The number of aromatic amines is 1. The Hall–Kier alpha value is -3.78. The van der Waals surface area contributed by atoms with Gasteiger partial charge in [-0.2, -0.15) is 5.10 Å². The summed E-state index contributed by atoms with van der Waals surface area (Å²) >= 11 is 1.70. The number of carbonyl (C=O) groups is 1. The van der Waals surface area contributed by atoms with Crippen LogP contribution >= 0.6 is 11.3 Å². The second-order valence-electron chi connectivity index (χ2n) is 9.49. The number of carbonyl (C=O) groups excluding carboxylic acids is 1. The molecule has 6 N–H and O–H groups in total. The van der Waals surface area contributed by atoms with Crippen molar-refractivity contribution in [3.05, 3.63) is 64.1 Å². The van der Waals surface area contributed by atoms with Gasteiger partial charge in [0.2, 0.25) is 15.8 Å². The molecule has 2 aromatic carbocycles. The van der Waals surface area contributed by atoms with Crippen LogP contribution in [0.3, 0.4) is 0 Å². The van der Waals surface area contributed by atoms with Crippen LogP contribution in [0.15, 0.2) is 52.7 Å². The van der Waals surface area contributed by atoms with Gasteiger partial charge in [0.25, 0.3) is 5.91 Å². The number of nitrogens with one attached hydrogen (secondary N) is 2. The SMILES string of the molecule is Cc1ccc(-c2n[nH]c(C(N)=O)n2)cc1-c1cc(S(=O)(=O)NC2CCN(Cc3cccs3)CC2)c(O)cc1O. The number of aromatic nitrogens is 3. The largest absolute Gasteiger partial charge is 0.507 e. The molecule has 0 bridgehead atoms. The van der Waals surface area contributed by atoms with Crippen molar-refractivity contribution in [2.24, 2.45) is 5.73 Å². The first-order valence-electron chi connectivity index (χ1n) is 12.3. The molecule has 204 valence electrons. The molecule has 13 heteroatoms. The number of H-pyrrole nitrogens is 1. The minimum Gasteiger partial charge on any atom is -0.507 e. The van der Waals surface area contributed by atoms with E-state index in [0.29, 0.717) is 24.0 Å². The second kappa shape index (κ2) is 10.8. The lowest BCUT2D eigenvalue weighted by atomic mass is 9.97. The Morgan fingerprint density at radius 3 is 2.59 bits per heavy atom. The number of phenols is 2. The number of aryl methyl sites for hydroxylation is 1. The first kappa shape index (κ1) is 26.8. The van der Waals surface area contributed by atoms with Gasteiger partial charge in [-0.1, -0.05) is 18.2 Å². The van der Waals surface area contributed by atoms with E-state index in [4.69, 9.17) is 5.73 Å². The van der Waals surface area contributed by atoms with Crippen molar-refractivity contribution in [1.82, 2.24) is 24.8 Å². The Balaban J connectivity index is 1.38. The number of nitrogens with two attached hydrogens (primary N) is 1. The summed E-state index contributed by atoms with van der Waals surface area (Å²) in [7, 11) is -4.10. The molecule has 5 rings (SSSR count). The van der Waals surface area contributed by atoms with Gasteiger partial charge in [0, 0.05) is 47.7 Å². The summed E-state index contributed by atoms with van der Waals surface area (Å²) in [4.78, 5) is 18.7. The van der Waals surface area contributed by atoms with E-state index in [9.17, 15) is 23.4 Å². The minimum atomic E-state index is -4.10. The van der Waals surface area contributed by atoms with Gasteiger partial charge in [0.05, 0.1) is 0 Å². The fourth-order valence-corrected chi connectivity index (χ4v) is 6.81. The molecule has 4 aromatic rings. The number of nitrogens with zero attached hydrogens (tertiary/aromatic N) is 3. The van der Waals surface area contributed by atoms with Crippen LogP contribution in [-0.2, 0) is 16.6 Å². The monoisotopic (exact) mass is 568 g/mol. The number of hydrogen-bond donors (Lipinski definition) is 5. The summed E-state index contributed by atoms with van der Waals surface area (Å²) in [5.74, 6) is -1.48. The van der Waals surface area contributed by atoms with Crippen molar-refractivity contribution < 1.29 is 23.4 Å². The van der Waals surface area contributed by atoms with E-state index in [0.717, 1.165) is 31.3 Å². The van der Waals surface area contributed by atoms with E-state index in [1.807, 2.05) is 11.4 Å². The van der Waals surface area contributed by atoms with E-state index >= 15 is 0 Å². The molecule has 11 nitrogen and oxygen atoms in total. The van der Waals surface area contributed by atoms with Crippen LogP contribution in [0.1, 0.15) is 33.9 Å². The molecule has 0 unspecified atom stereocenters. The van der Waals surface area contributed by atoms with Gasteiger partial charge < -0.3 is 15.9 Å². The van der Waals surface area contributed by atoms with Gasteiger partial charge in [0.1, 0.15) is 16.4 Å². The van der Waals surface area contributed by atoms with E-state index in [-0.39, 0.29) is 33.9 Å². The number of primary amides is 1. The number of likely N-dealkylation sites (tertiary alicyclic amines) is 1. The molecule has 1 fully saturated rings. The maximum Gasteiger partial charge on any atom is 0.286 e. The van der Waals surface area contributed by atoms with Gasteiger partial charge in [-0.05, 0) is 54.5 Å². The Morgan fingerprint density at radius 2 is 1.92 bits per heavy atom. The molecule has 1 saturated heterocycles. The number of amides is 1. The van der Waals surface area contributed by atoms with Crippen molar-refractivity contribution in [3.8, 4) is 34.0 Å². The van der Waals surface area contributed by atoms with Crippen LogP contribution in [0.25, 0.3) is 22.5 Å². The van der Waals surface area contributed by atoms with Crippen molar-refractivity contribution in [2.45, 2.75) is 37.2 Å². The molecule has 0 atom stereocenters. The number of piperidine rings is 1. The molecule has 0 aliphatic carbocycles. The van der Waals surface area contributed by atoms with Crippen LogP contribution in [0, 0.1) is 6.92 Å². The molecular formula is C26H28N6O5S2. The maximum atomic E-state index is 13.4. The summed E-state index contributed by atoms with van der Waals surface area (Å²) in [5, 5.41) is 29.7. The molecule has 1 aliphatic rings. The lowest BCUT2D eigenvalue weighted by molar-refractivity contribution is 0.0991. The number of benzene rings is 2. The van der Waals surface area contributed by atoms with E-state index in [1.54, 1.807) is 36.5 Å². The normalized spacial score (nSPS) is 15.0. The molecule has 2 aromatic heterocycles. The molecule has 1 aliphatic heterocycles. The summed E-state index contributed by atoms with van der Waals surface area (Å²) < 4.78 is 29.5. The number of rotatable bonds is 8. The van der Waals surface area contributed by atoms with Gasteiger partial charge in [0.15, 0.2) is 5.82 Å². The molecule has 0 saturated carbocycles. The summed E-state index contributed by atoms with van der Waals surface area (Å²) in [6, 6.07) is 11.3. The molecule has 3 heterocycles. The Kier molecular flexibility index (Phi) is 7.40. The molecule has 0 spiro atoms. The highest BCUT2D eigenvalue weighted by molar-refractivity contribution is 7.89. The van der Waals surface area contributed by atoms with Gasteiger partial charge in [-0.15, -0.1) is 11.3 Å². The quantitative estimate of drug-likeness (QED) is 0.216. The predicted octanol–water partition coefficient (Wildman–Crippen LogP) is 2.96. The lowest BCUT2D eigenvalue weighted by Gasteiger charge is -2.32. The van der Waals surface area contributed by atoms with Crippen molar-refractivity contribution in [2.75, 3.05) is 13.1 Å². The van der Waals surface area contributed by atoms with Crippen molar-refractivity contribution in [3.63, 3.8) is 0 Å². The van der Waals surface area contributed by atoms with Crippen LogP contribution in [-0.4, -0.2) is 63.8 Å². The standard InChI is InChI=1S/C26H28N6O5S2/c1-15-4-5-16(25-28-26(24(27)35)30-29-25)11-19(15)20-12-23(22(34)13-21(20)33)39(36,37)31-17-6-8-32(9-7-17)14-18-3-2-10-38-18/h2-5,10-13,17,31,33-34H,6-9,14H2,1H3,(H2,27,35)(H,28,29,30). The third-order valence-corrected chi connectivity index (χ3v) is 9.15. The third kappa shape index (κ3) is 5.81. The highest BCUT2D eigenvalue weighted by Gasteiger charge is 2.28. The Bertz CT molecular complexity index is 1610. The number of aromatic hydroxyl groups is 2. The van der Waals surface area contributed by atoms with Gasteiger partial charge >= 0.3 is 0 Å². The average molecular weight is 569 g/mol. The minimum absolute atomic E-state index is 0.101. The third-order valence-electron chi connectivity index (χ3n) is 6.74. The summed E-state index contributed by atoms with van der Waals surface area (Å²) in [6.45, 7) is 4.15. The molecule has 0 radical (unpaired) electrons. The zero-order valence-electron chi connectivity index (χ0n) is 21.1. The predicted molar refractivity (Wildman–Crippen MR) is 147 cm³/mol. The lowest BCUT2D eigenvalue weighted by Crippen LogP contribution is -2.44. The van der Waals surface area contributed by atoms with Gasteiger partial charge in [-0.25, -0.2) is 18.1 Å². The summed E-state index contributed by atoms with van der Waals surface area (Å²) in [5.41, 5.74) is 7.22. The number of hydrogen-bond acceptors (Lipinski definition) is 9. The number of phenolic OH excluding ortho intramolecular Hbond substituents is 2. The average Bonchev–Trinajstić information content (AvgIpc) is 3.58. The van der Waals surface area contributed by atoms with Crippen LogP contribution in [0.4, 0.5) is 0 Å². The first-order valence-corrected chi connectivity index (χ1v) is 14.6. The van der Waals surface area contributed by atoms with Crippen molar-refractivity contribution >= 4 is 27.3 Å². The van der Waals surface area contributed by atoms with Crippen LogP contribution < -0.4 is 10.5 Å². The number of thiophene rings is 1. The topological polar surface area (TPSA) is 175 Å². The molecule has 1 amide bonds. The molecule has 39 heavy (non-hydrogen) atoms. The maximum absolute atomic E-state index is 13.4. The number of sulfonamides is 1. The fourth-order valence-electron chi connectivity index (χ4n) is 4.66. The van der Waals surface area contributed by atoms with E-state index in [1.165, 1.54) is 10.9 Å². The Morgan fingerprint density at radius 1 is 1.15 bits per heavy atom. The Labute approximate surface area is 229 Å². The second-order valence-corrected chi connectivity index (χ2v) is 12.2. The smallest absolute Gasteiger partial charge is 0.286 e. The van der Waals surface area contributed by atoms with Crippen LogP contribution in [0.5, 0.6) is 11.5 Å². The molecular weight excluding hydrogens is 540 g/mol. The highest BCUT2D eigenvalue weighted by atomic mass is 32.2. The van der Waals surface area contributed by atoms with E-state index < -0.39 is 21.7 Å². The van der Waals surface area contributed by atoms with Gasteiger partial charge in [-0.3, -0.25) is 14.8 Å². The van der Waals surface area contributed by atoms with Crippen molar-refractivity contribution in [1.29, 1.82) is 0 Å².